The van der Waals surface area contributed by atoms with Crippen molar-refractivity contribution in [2.75, 3.05) is 19.6 Å². The number of sulfonamides is 1. The fraction of sp³-hybridized carbons (Fsp3) is 0.800. The highest BCUT2D eigenvalue weighted by molar-refractivity contribution is 7.89. The second kappa shape index (κ2) is 5.94. The fourth-order valence-electron chi connectivity index (χ4n) is 3.56. The lowest BCUT2D eigenvalue weighted by molar-refractivity contribution is 0.106. The van der Waals surface area contributed by atoms with Gasteiger partial charge in [0.2, 0.25) is 10.0 Å². The maximum atomic E-state index is 13.0. The Bertz CT molecular complexity index is 625. The van der Waals surface area contributed by atoms with Crippen LogP contribution < -0.4 is 0 Å². The summed E-state index contributed by atoms with van der Waals surface area (Å²) in [5.41, 5.74) is 0. The fourth-order valence-corrected chi connectivity index (χ4v) is 5.23. The first-order valence-corrected chi connectivity index (χ1v) is 9.67. The Labute approximate surface area is 133 Å². The van der Waals surface area contributed by atoms with Crippen molar-refractivity contribution in [1.29, 1.82) is 0 Å². The SMILES string of the molecule is CC[C@H]1CN2CCC[C@@H]2CN1S(=O)(=O)c1cnn(C(C)C)c1. The zero-order valence-corrected chi connectivity index (χ0v) is 14.5. The van der Waals surface area contributed by atoms with E-state index < -0.39 is 10.0 Å². The minimum Gasteiger partial charge on any atom is -0.297 e. The summed E-state index contributed by atoms with van der Waals surface area (Å²) in [6, 6.07) is 0.622. The molecule has 6 nitrogen and oxygen atoms in total. The first-order chi connectivity index (χ1) is 10.4. The molecule has 1 aromatic rings. The van der Waals surface area contributed by atoms with Gasteiger partial charge in [-0.3, -0.25) is 9.58 Å². The van der Waals surface area contributed by atoms with E-state index >= 15 is 0 Å². The third-order valence-electron chi connectivity index (χ3n) is 4.93. The maximum Gasteiger partial charge on any atom is 0.246 e. The van der Waals surface area contributed by atoms with E-state index in [0.29, 0.717) is 17.5 Å². The molecule has 2 saturated heterocycles. The zero-order valence-electron chi connectivity index (χ0n) is 13.6. The summed E-state index contributed by atoms with van der Waals surface area (Å²) in [6.07, 6.45) is 6.28. The van der Waals surface area contributed by atoms with Gasteiger partial charge in [-0.15, -0.1) is 0 Å². The van der Waals surface area contributed by atoms with Gasteiger partial charge in [-0.1, -0.05) is 6.92 Å². The molecule has 0 amide bonds. The first-order valence-electron chi connectivity index (χ1n) is 8.23. The Morgan fingerprint density at radius 2 is 2.14 bits per heavy atom. The van der Waals surface area contributed by atoms with Gasteiger partial charge in [0, 0.05) is 37.4 Å². The van der Waals surface area contributed by atoms with Gasteiger partial charge in [-0.25, -0.2) is 8.42 Å². The number of aromatic nitrogens is 2. The molecule has 2 aliphatic heterocycles. The number of hydrogen-bond acceptors (Lipinski definition) is 4. The Morgan fingerprint density at radius 3 is 2.77 bits per heavy atom. The predicted molar refractivity (Wildman–Crippen MR) is 85.2 cm³/mol. The smallest absolute Gasteiger partial charge is 0.246 e. The van der Waals surface area contributed by atoms with Crippen LogP contribution in [0.3, 0.4) is 0 Å². The number of hydrogen-bond donors (Lipinski definition) is 0. The largest absolute Gasteiger partial charge is 0.297 e. The summed E-state index contributed by atoms with van der Waals surface area (Å²) >= 11 is 0. The van der Waals surface area contributed by atoms with E-state index in [4.69, 9.17) is 0 Å². The van der Waals surface area contributed by atoms with Gasteiger partial charge in [0.15, 0.2) is 0 Å². The van der Waals surface area contributed by atoms with Crippen molar-refractivity contribution in [2.45, 2.75) is 63.1 Å². The third kappa shape index (κ3) is 2.70. The van der Waals surface area contributed by atoms with Crippen LogP contribution in [0.15, 0.2) is 17.3 Å². The van der Waals surface area contributed by atoms with Crippen molar-refractivity contribution in [3.05, 3.63) is 12.4 Å². The Hall–Kier alpha value is -0.920. The average molecular weight is 326 g/mol. The number of nitrogens with zero attached hydrogens (tertiary/aromatic N) is 4. The molecular weight excluding hydrogens is 300 g/mol. The molecule has 0 unspecified atom stereocenters. The highest BCUT2D eigenvalue weighted by Gasteiger charge is 2.41. The van der Waals surface area contributed by atoms with Crippen molar-refractivity contribution < 1.29 is 8.42 Å². The lowest BCUT2D eigenvalue weighted by atomic mass is 10.1. The van der Waals surface area contributed by atoms with Crippen LogP contribution in [0, 0.1) is 0 Å². The van der Waals surface area contributed by atoms with Gasteiger partial charge >= 0.3 is 0 Å². The highest BCUT2D eigenvalue weighted by atomic mass is 32.2. The van der Waals surface area contributed by atoms with Gasteiger partial charge in [0.05, 0.1) is 6.20 Å². The monoisotopic (exact) mass is 326 g/mol. The second-order valence-corrected chi connectivity index (χ2v) is 8.57. The molecule has 1 aromatic heterocycles. The molecule has 3 heterocycles. The summed E-state index contributed by atoms with van der Waals surface area (Å²) in [6.45, 7) is 8.65. The number of rotatable bonds is 4. The second-order valence-electron chi connectivity index (χ2n) is 6.68. The topological polar surface area (TPSA) is 58.4 Å². The summed E-state index contributed by atoms with van der Waals surface area (Å²) in [5.74, 6) is 0. The van der Waals surface area contributed by atoms with Gasteiger partial charge in [-0.05, 0) is 39.7 Å². The normalized spacial score (nSPS) is 27.5. The van der Waals surface area contributed by atoms with E-state index in [1.165, 1.54) is 12.6 Å². The molecule has 7 heteroatoms. The molecule has 0 N–H and O–H groups in total. The highest BCUT2D eigenvalue weighted by Crippen LogP contribution is 2.30. The van der Waals surface area contributed by atoms with Crippen molar-refractivity contribution in [1.82, 2.24) is 19.0 Å². The molecule has 0 spiro atoms. The maximum absolute atomic E-state index is 13.0. The predicted octanol–water partition coefficient (Wildman–Crippen LogP) is 1.71. The van der Waals surface area contributed by atoms with E-state index in [1.807, 2.05) is 13.8 Å². The van der Waals surface area contributed by atoms with Crippen LogP contribution in [0.4, 0.5) is 0 Å². The molecule has 0 saturated carbocycles. The Balaban J connectivity index is 1.88. The molecular formula is C15H26N4O2S. The van der Waals surface area contributed by atoms with Crippen LogP contribution in [0.5, 0.6) is 0 Å². The van der Waals surface area contributed by atoms with E-state index in [9.17, 15) is 8.42 Å². The van der Waals surface area contributed by atoms with Crippen LogP contribution in [0.1, 0.15) is 46.1 Å². The van der Waals surface area contributed by atoms with Crippen LogP contribution in [0.2, 0.25) is 0 Å². The van der Waals surface area contributed by atoms with Crippen LogP contribution in [-0.4, -0.2) is 59.1 Å². The molecule has 0 bridgehead atoms. The van der Waals surface area contributed by atoms with E-state index in [2.05, 4.69) is 16.9 Å². The quantitative estimate of drug-likeness (QED) is 0.845. The Morgan fingerprint density at radius 1 is 1.36 bits per heavy atom. The van der Waals surface area contributed by atoms with Crippen molar-refractivity contribution in [2.24, 2.45) is 0 Å². The number of fused-ring (bicyclic) bond motifs is 1. The van der Waals surface area contributed by atoms with Crippen LogP contribution >= 0.6 is 0 Å². The van der Waals surface area contributed by atoms with E-state index in [1.54, 1.807) is 15.2 Å². The molecule has 0 radical (unpaired) electrons. The first kappa shape index (κ1) is 16.0. The molecule has 2 aliphatic rings. The molecule has 0 aromatic carbocycles. The van der Waals surface area contributed by atoms with Gasteiger partial charge < -0.3 is 0 Å². The average Bonchev–Trinajstić information content (AvgIpc) is 3.14. The third-order valence-corrected chi connectivity index (χ3v) is 6.80. The summed E-state index contributed by atoms with van der Waals surface area (Å²) in [4.78, 5) is 2.78. The Kier molecular flexibility index (Phi) is 4.31. The van der Waals surface area contributed by atoms with Crippen LogP contribution in [-0.2, 0) is 10.0 Å². The van der Waals surface area contributed by atoms with Crippen molar-refractivity contribution in [3.8, 4) is 0 Å². The van der Waals surface area contributed by atoms with Crippen LogP contribution in [0.25, 0.3) is 0 Å². The van der Waals surface area contributed by atoms with Gasteiger partial charge in [0.25, 0.3) is 0 Å². The standard InChI is InChI=1S/C15H26N4O2S/c1-4-13-9-17-7-5-6-14(17)10-19(13)22(20,21)15-8-16-18(11-15)12(2)3/h8,11-14H,4-7,9-10H2,1-3H3/t13-,14+/m0/s1. The van der Waals surface area contributed by atoms with Gasteiger partial charge in [-0.2, -0.15) is 9.40 Å². The zero-order chi connectivity index (χ0) is 15.9. The van der Waals surface area contributed by atoms with Gasteiger partial charge in [0.1, 0.15) is 4.90 Å². The van der Waals surface area contributed by atoms with Crippen molar-refractivity contribution >= 4 is 10.0 Å². The molecule has 0 aliphatic carbocycles. The van der Waals surface area contributed by atoms with E-state index in [-0.39, 0.29) is 12.1 Å². The molecule has 22 heavy (non-hydrogen) atoms. The minimum absolute atomic E-state index is 0.0711. The minimum atomic E-state index is -3.45. The molecule has 124 valence electrons. The molecule has 2 atom stereocenters. The molecule has 2 fully saturated rings. The van der Waals surface area contributed by atoms with Crippen molar-refractivity contribution in [3.63, 3.8) is 0 Å². The lowest BCUT2D eigenvalue weighted by Gasteiger charge is -2.42. The molecule has 3 rings (SSSR count). The summed E-state index contributed by atoms with van der Waals surface area (Å²) < 4.78 is 29.5. The summed E-state index contributed by atoms with van der Waals surface area (Å²) in [5, 5.41) is 4.19. The summed E-state index contributed by atoms with van der Waals surface area (Å²) in [7, 11) is -3.45. The number of piperazine rings is 1. The van der Waals surface area contributed by atoms with E-state index in [0.717, 1.165) is 25.9 Å². The lowest BCUT2D eigenvalue weighted by Crippen LogP contribution is -2.57.